The molecule has 1 saturated carbocycles. The van der Waals surface area contributed by atoms with Crippen LogP contribution < -0.4 is 0 Å². The minimum absolute atomic E-state index is 0.488. The largest absolute Gasteiger partial charge is 0.0991 e. The SMILES string of the molecule is C=C/C=C1\C(=C)CCCC1c1ccc(Br)cc1. The molecular formula is C16H17Br. The summed E-state index contributed by atoms with van der Waals surface area (Å²) in [5.41, 5.74) is 4.00. The fourth-order valence-electron chi connectivity index (χ4n) is 2.47. The molecule has 0 saturated heterocycles. The van der Waals surface area contributed by atoms with Gasteiger partial charge in [0.05, 0.1) is 0 Å². The number of hydrogen-bond acceptors (Lipinski definition) is 0. The van der Waals surface area contributed by atoms with E-state index in [-0.39, 0.29) is 0 Å². The third kappa shape index (κ3) is 2.78. The summed E-state index contributed by atoms with van der Waals surface area (Å²) in [7, 11) is 0. The highest BCUT2D eigenvalue weighted by atomic mass is 79.9. The van der Waals surface area contributed by atoms with E-state index in [0.29, 0.717) is 5.92 Å². The first kappa shape index (κ1) is 12.4. The zero-order chi connectivity index (χ0) is 12.3. The summed E-state index contributed by atoms with van der Waals surface area (Å²) in [6.45, 7) is 7.99. The van der Waals surface area contributed by atoms with E-state index in [4.69, 9.17) is 0 Å². The number of rotatable bonds is 2. The fourth-order valence-corrected chi connectivity index (χ4v) is 2.73. The molecule has 0 heterocycles. The van der Waals surface area contributed by atoms with Gasteiger partial charge >= 0.3 is 0 Å². The topological polar surface area (TPSA) is 0 Å². The van der Waals surface area contributed by atoms with Gasteiger partial charge in [0.1, 0.15) is 0 Å². The Labute approximate surface area is 112 Å². The van der Waals surface area contributed by atoms with Gasteiger partial charge in [0.15, 0.2) is 0 Å². The van der Waals surface area contributed by atoms with Crippen molar-refractivity contribution in [2.45, 2.75) is 25.2 Å². The lowest BCUT2D eigenvalue weighted by Crippen LogP contribution is -2.10. The molecule has 0 amide bonds. The Morgan fingerprint density at radius 2 is 1.94 bits per heavy atom. The molecule has 1 heteroatoms. The summed E-state index contributed by atoms with van der Waals surface area (Å²) in [6, 6.07) is 8.62. The van der Waals surface area contributed by atoms with Crippen molar-refractivity contribution in [3.8, 4) is 0 Å². The Kier molecular flexibility index (Phi) is 4.01. The zero-order valence-corrected chi connectivity index (χ0v) is 11.5. The second kappa shape index (κ2) is 5.50. The molecule has 2 rings (SSSR count). The Hall–Kier alpha value is -1.08. The van der Waals surface area contributed by atoms with Crippen molar-refractivity contribution >= 4 is 15.9 Å². The molecule has 88 valence electrons. The van der Waals surface area contributed by atoms with Crippen molar-refractivity contribution in [2.75, 3.05) is 0 Å². The minimum Gasteiger partial charge on any atom is -0.0991 e. The van der Waals surface area contributed by atoms with E-state index in [9.17, 15) is 0 Å². The van der Waals surface area contributed by atoms with Gasteiger partial charge in [-0.25, -0.2) is 0 Å². The van der Waals surface area contributed by atoms with Crippen LogP contribution in [0.4, 0.5) is 0 Å². The normalized spacial score (nSPS) is 22.8. The lowest BCUT2D eigenvalue weighted by atomic mass is 9.77. The van der Waals surface area contributed by atoms with Crippen LogP contribution in [0.25, 0.3) is 0 Å². The van der Waals surface area contributed by atoms with E-state index >= 15 is 0 Å². The first-order chi connectivity index (χ1) is 8.22. The Bertz CT molecular complexity index is 451. The summed E-state index contributed by atoms with van der Waals surface area (Å²) < 4.78 is 1.13. The van der Waals surface area contributed by atoms with E-state index in [1.54, 1.807) is 0 Å². The quantitative estimate of drug-likeness (QED) is 0.685. The molecule has 1 fully saturated rings. The van der Waals surface area contributed by atoms with Crippen molar-refractivity contribution in [3.63, 3.8) is 0 Å². The van der Waals surface area contributed by atoms with Gasteiger partial charge in [0.25, 0.3) is 0 Å². The van der Waals surface area contributed by atoms with Gasteiger partial charge in [-0.05, 0) is 42.5 Å². The molecule has 0 aliphatic heterocycles. The molecule has 0 spiro atoms. The molecule has 1 aromatic carbocycles. The molecule has 1 aliphatic carbocycles. The van der Waals surface area contributed by atoms with Crippen molar-refractivity contribution in [1.29, 1.82) is 0 Å². The molecule has 0 radical (unpaired) electrons. The summed E-state index contributed by atoms with van der Waals surface area (Å²) in [4.78, 5) is 0. The van der Waals surface area contributed by atoms with Crippen LogP contribution in [0.5, 0.6) is 0 Å². The molecule has 1 aromatic rings. The van der Waals surface area contributed by atoms with Crippen LogP contribution in [0.3, 0.4) is 0 Å². The second-order valence-electron chi connectivity index (χ2n) is 4.46. The molecule has 0 N–H and O–H groups in total. The van der Waals surface area contributed by atoms with E-state index in [1.165, 1.54) is 29.6 Å². The molecule has 1 atom stereocenters. The predicted molar refractivity (Wildman–Crippen MR) is 78.2 cm³/mol. The highest BCUT2D eigenvalue weighted by Gasteiger charge is 2.22. The summed E-state index contributed by atoms with van der Waals surface area (Å²) in [5, 5.41) is 0. The van der Waals surface area contributed by atoms with Crippen molar-refractivity contribution in [2.24, 2.45) is 0 Å². The average Bonchev–Trinajstić information content (AvgIpc) is 2.33. The smallest absolute Gasteiger partial charge is 0.0175 e. The van der Waals surface area contributed by atoms with Crippen LogP contribution in [0.1, 0.15) is 30.7 Å². The maximum atomic E-state index is 4.18. The summed E-state index contributed by atoms with van der Waals surface area (Å²) in [5.74, 6) is 0.488. The average molecular weight is 289 g/mol. The summed E-state index contributed by atoms with van der Waals surface area (Å²) >= 11 is 3.48. The van der Waals surface area contributed by atoms with Crippen LogP contribution in [0.2, 0.25) is 0 Å². The van der Waals surface area contributed by atoms with Gasteiger partial charge in [-0.2, -0.15) is 0 Å². The molecule has 0 nitrogen and oxygen atoms in total. The molecule has 1 aliphatic rings. The number of allylic oxidation sites excluding steroid dienone is 4. The Balaban J connectivity index is 2.35. The Morgan fingerprint density at radius 1 is 1.24 bits per heavy atom. The van der Waals surface area contributed by atoms with Gasteiger partial charge in [-0.15, -0.1) is 0 Å². The highest BCUT2D eigenvalue weighted by molar-refractivity contribution is 9.10. The fraction of sp³-hybridized carbons (Fsp3) is 0.250. The van der Waals surface area contributed by atoms with Crippen LogP contribution in [0, 0.1) is 0 Å². The van der Waals surface area contributed by atoms with Gasteiger partial charge in [-0.1, -0.05) is 58.9 Å². The van der Waals surface area contributed by atoms with Gasteiger partial charge < -0.3 is 0 Å². The van der Waals surface area contributed by atoms with E-state index in [1.807, 2.05) is 6.08 Å². The summed E-state index contributed by atoms with van der Waals surface area (Å²) in [6.07, 6.45) is 7.55. The Morgan fingerprint density at radius 3 is 2.59 bits per heavy atom. The van der Waals surface area contributed by atoms with Gasteiger partial charge in [-0.3, -0.25) is 0 Å². The third-order valence-corrected chi connectivity index (χ3v) is 3.85. The zero-order valence-electron chi connectivity index (χ0n) is 9.95. The molecule has 0 aromatic heterocycles. The lowest BCUT2D eigenvalue weighted by molar-refractivity contribution is 0.608. The maximum Gasteiger partial charge on any atom is 0.0175 e. The van der Waals surface area contributed by atoms with Crippen molar-refractivity contribution < 1.29 is 0 Å². The monoisotopic (exact) mass is 288 g/mol. The lowest BCUT2D eigenvalue weighted by Gasteiger charge is -2.27. The number of benzene rings is 1. The highest BCUT2D eigenvalue weighted by Crippen LogP contribution is 2.40. The van der Waals surface area contributed by atoms with Gasteiger partial charge in [0.2, 0.25) is 0 Å². The second-order valence-corrected chi connectivity index (χ2v) is 5.37. The minimum atomic E-state index is 0.488. The van der Waals surface area contributed by atoms with Crippen LogP contribution in [-0.2, 0) is 0 Å². The van der Waals surface area contributed by atoms with E-state index in [2.05, 4.69) is 59.4 Å². The number of hydrogen-bond donors (Lipinski definition) is 0. The van der Waals surface area contributed by atoms with Crippen LogP contribution in [0.15, 0.2) is 65.2 Å². The van der Waals surface area contributed by atoms with Crippen molar-refractivity contribution in [3.05, 3.63) is 70.8 Å². The third-order valence-electron chi connectivity index (χ3n) is 3.32. The van der Waals surface area contributed by atoms with Gasteiger partial charge in [0, 0.05) is 10.4 Å². The first-order valence-corrected chi connectivity index (χ1v) is 6.78. The van der Waals surface area contributed by atoms with Crippen LogP contribution in [-0.4, -0.2) is 0 Å². The molecule has 17 heavy (non-hydrogen) atoms. The number of halogens is 1. The maximum absolute atomic E-state index is 4.18. The van der Waals surface area contributed by atoms with E-state index in [0.717, 1.165) is 10.9 Å². The molecule has 1 unspecified atom stereocenters. The first-order valence-electron chi connectivity index (χ1n) is 5.98. The molecule has 0 bridgehead atoms. The predicted octanol–water partition coefficient (Wildman–Crippen LogP) is 5.39. The standard InChI is InChI=1S/C16H17Br/c1-3-5-15-12(2)6-4-7-16(15)13-8-10-14(17)11-9-13/h3,5,8-11,16H,1-2,4,6-7H2/b15-5+. The van der Waals surface area contributed by atoms with E-state index < -0.39 is 0 Å². The van der Waals surface area contributed by atoms with Crippen molar-refractivity contribution in [1.82, 2.24) is 0 Å². The van der Waals surface area contributed by atoms with Crippen LogP contribution >= 0.6 is 15.9 Å². The molecular weight excluding hydrogens is 272 g/mol.